The predicted molar refractivity (Wildman–Crippen MR) is 80.8 cm³/mol. The number of hydrogen-bond acceptors (Lipinski definition) is 2. The van der Waals surface area contributed by atoms with Crippen LogP contribution in [0.15, 0.2) is 18.2 Å². The van der Waals surface area contributed by atoms with Gasteiger partial charge in [-0.2, -0.15) is 0 Å². The van der Waals surface area contributed by atoms with E-state index in [1.807, 2.05) is 12.1 Å². The average Bonchev–Trinajstić information content (AvgIpc) is 2.44. The Morgan fingerprint density at radius 3 is 2.58 bits per heavy atom. The summed E-state index contributed by atoms with van der Waals surface area (Å²) < 4.78 is 0. The summed E-state index contributed by atoms with van der Waals surface area (Å²) in [7, 11) is 0. The van der Waals surface area contributed by atoms with Crippen molar-refractivity contribution in [2.75, 3.05) is 13.2 Å². The molecule has 0 unspecified atom stereocenters. The highest BCUT2D eigenvalue weighted by Gasteiger charge is 2.30. The molecule has 1 aromatic carbocycles. The maximum atomic E-state index is 9.65. The van der Waals surface area contributed by atoms with Crippen LogP contribution in [0.1, 0.15) is 37.7 Å². The molecule has 2 N–H and O–H groups in total. The van der Waals surface area contributed by atoms with Crippen molar-refractivity contribution < 1.29 is 5.11 Å². The van der Waals surface area contributed by atoms with Crippen molar-refractivity contribution in [2.45, 2.75) is 38.6 Å². The van der Waals surface area contributed by atoms with Gasteiger partial charge < -0.3 is 10.4 Å². The van der Waals surface area contributed by atoms with E-state index >= 15 is 0 Å². The molecular weight excluding hydrogens is 281 g/mol. The summed E-state index contributed by atoms with van der Waals surface area (Å²) in [6.07, 6.45) is 5.96. The molecule has 4 heteroatoms. The number of halogens is 2. The third-order valence-electron chi connectivity index (χ3n) is 4.07. The lowest BCUT2D eigenvalue weighted by Crippen LogP contribution is -2.38. The van der Waals surface area contributed by atoms with E-state index in [-0.39, 0.29) is 12.0 Å². The van der Waals surface area contributed by atoms with Crippen LogP contribution in [0.4, 0.5) is 0 Å². The van der Waals surface area contributed by atoms with E-state index in [0.29, 0.717) is 11.6 Å². The molecule has 2 nitrogen and oxygen atoms in total. The molecular formula is C15H21Cl2NO. The van der Waals surface area contributed by atoms with Crippen molar-refractivity contribution in [3.63, 3.8) is 0 Å². The number of benzene rings is 1. The minimum absolute atomic E-state index is 0.0588. The molecule has 1 fully saturated rings. The van der Waals surface area contributed by atoms with Gasteiger partial charge in [-0.25, -0.2) is 0 Å². The largest absolute Gasteiger partial charge is 0.396 e. The van der Waals surface area contributed by atoms with Crippen molar-refractivity contribution in [2.24, 2.45) is 5.41 Å². The summed E-state index contributed by atoms with van der Waals surface area (Å²) in [5.74, 6) is 0. The lowest BCUT2D eigenvalue weighted by molar-refractivity contribution is 0.0810. The second-order valence-corrected chi connectivity index (χ2v) is 6.40. The van der Waals surface area contributed by atoms with Gasteiger partial charge in [0.2, 0.25) is 0 Å². The van der Waals surface area contributed by atoms with Gasteiger partial charge in [-0.15, -0.1) is 0 Å². The number of aliphatic hydroxyl groups is 1. The molecule has 0 bridgehead atoms. The summed E-state index contributed by atoms with van der Waals surface area (Å²) in [6, 6.07) is 5.51. The van der Waals surface area contributed by atoms with Gasteiger partial charge >= 0.3 is 0 Å². The highest BCUT2D eigenvalue weighted by molar-refractivity contribution is 6.33. The molecule has 19 heavy (non-hydrogen) atoms. The first kappa shape index (κ1) is 15.1. The van der Waals surface area contributed by atoms with Gasteiger partial charge in [0, 0.05) is 35.2 Å². The van der Waals surface area contributed by atoms with Gasteiger partial charge in [-0.3, -0.25) is 0 Å². The van der Waals surface area contributed by atoms with Crippen LogP contribution in [0.3, 0.4) is 0 Å². The normalized spacial score (nSPS) is 18.5. The van der Waals surface area contributed by atoms with Crippen LogP contribution in [0, 0.1) is 5.41 Å². The van der Waals surface area contributed by atoms with E-state index in [2.05, 4.69) is 5.32 Å². The molecule has 0 heterocycles. The molecule has 2 rings (SSSR count). The van der Waals surface area contributed by atoms with Gasteiger partial charge in [-0.05, 0) is 36.6 Å². The second-order valence-electron chi connectivity index (χ2n) is 5.56. The third-order valence-corrected chi connectivity index (χ3v) is 4.68. The maximum Gasteiger partial charge on any atom is 0.0499 e. The van der Waals surface area contributed by atoms with Crippen LogP contribution in [-0.2, 0) is 6.54 Å². The number of nitrogens with one attached hydrogen (secondary N) is 1. The van der Waals surface area contributed by atoms with Gasteiger partial charge in [0.05, 0.1) is 0 Å². The van der Waals surface area contributed by atoms with E-state index < -0.39 is 0 Å². The summed E-state index contributed by atoms with van der Waals surface area (Å²) >= 11 is 12.1. The smallest absolute Gasteiger partial charge is 0.0499 e. The Labute approximate surface area is 125 Å². The summed E-state index contributed by atoms with van der Waals surface area (Å²) in [5, 5.41) is 14.5. The van der Waals surface area contributed by atoms with Crippen molar-refractivity contribution in [1.82, 2.24) is 5.32 Å². The van der Waals surface area contributed by atoms with E-state index in [9.17, 15) is 5.11 Å². The predicted octanol–water partition coefficient (Wildman–Crippen LogP) is 4.03. The summed E-state index contributed by atoms with van der Waals surface area (Å²) in [4.78, 5) is 0. The minimum atomic E-state index is 0.0588. The minimum Gasteiger partial charge on any atom is -0.396 e. The van der Waals surface area contributed by atoms with E-state index in [0.717, 1.165) is 30.0 Å². The molecule has 0 spiro atoms. The maximum absolute atomic E-state index is 9.65. The molecule has 1 aromatic rings. The van der Waals surface area contributed by atoms with E-state index in [4.69, 9.17) is 23.2 Å². The lowest BCUT2D eigenvalue weighted by Gasteiger charge is -2.35. The third kappa shape index (κ3) is 4.09. The highest BCUT2D eigenvalue weighted by atomic mass is 35.5. The Bertz CT molecular complexity index is 417. The zero-order valence-electron chi connectivity index (χ0n) is 11.1. The van der Waals surface area contributed by atoms with Gasteiger partial charge in [0.15, 0.2) is 0 Å². The van der Waals surface area contributed by atoms with Crippen LogP contribution in [0.5, 0.6) is 0 Å². The number of rotatable bonds is 5. The van der Waals surface area contributed by atoms with Crippen LogP contribution >= 0.6 is 23.2 Å². The fraction of sp³-hybridized carbons (Fsp3) is 0.600. The molecule has 1 saturated carbocycles. The van der Waals surface area contributed by atoms with Crippen LogP contribution < -0.4 is 5.32 Å². The lowest BCUT2D eigenvalue weighted by atomic mass is 9.74. The van der Waals surface area contributed by atoms with Crippen molar-refractivity contribution in [1.29, 1.82) is 0 Å². The Morgan fingerprint density at radius 1 is 1.16 bits per heavy atom. The molecule has 0 amide bonds. The van der Waals surface area contributed by atoms with Crippen molar-refractivity contribution in [3.05, 3.63) is 33.8 Å². The second kappa shape index (κ2) is 6.94. The Kier molecular flexibility index (Phi) is 5.52. The molecule has 0 atom stereocenters. The first-order valence-electron chi connectivity index (χ1n) is 6.91. The Morgan fingerprint density at radius 2 is 1.89 bits per heavy atom. The quantitative estimate of drug-likeness (QED) is 0.861. The van der Waals surface area contributed by atoms with Crippen LogP contribution in [0.25, 0.3) is 0 Å². The topological polar surface area (TPSA) is 32.3 Å². The fourth-order valence-electron chi connectivity index (χ4n) is 2.83. The van der Waals surface area contributed by atoms with E-state index in [1.54, 1.807) is 6.07 Å². The van der Waals surface area contributed by atoms with Gasteiger partial charge in [0.1, 0.15) is 0 Å². The Balaban J connectivity index is 1.90. The zero-order chi connectivity index (χ0) is 13.7. The average molecular weight is 302 g/mol. The molecule has 106 valence electrons. The SMILES string of the molecule is OCC1(CNCc2cc(Cl)ccc2Cl)CCCCC1. The fourth-order valence-corrected chi connectivity index (χ4v) is 3.21. The van der Waals surface area contributed by atoms with Crippen molar-refractivity contribution >= 4 is 23.2 Å². The van der Waals surface area contributed by atoms with Crippen LogP contribution in [0.2, 0.25) is 10.0 Å². The highest BCUT2D eigenvalue weighted by Crippen LogP contribution is 2.35. The first-order valence-corrected chi connectivity index (χ1v) is 7.66. The van der Waals surface area contributed by atoms with E-state index in [1.165, 1.54) is 19.3 Å². The molecule has 0 aliphatic heterocycles. The Hall–Kier alpha value is -0.280. The summed E-state index contributed by atoms with van der Waals surface area (Å²) in [6.45, 7) is 1.80. The first-order chi connectivity index (χ1) is 9.15. The van der Waals surface area contributed by atoms with Crippen LogP contribution in [-0.4, -0.2) is 18.3 Å². The molecule has 1 aliphatic rings. The van der Waals surface area contributed by atoms with Gasteiger partial charge in [0.25, 0.3) is 0 Å². The zero-order valence-corrected chi connectivity index (χ0v) is 12.6. The number of aliphatic hydroxyl groups excluding tert-OH is 1. The standard InChI is InChI=1S/C15H21Cl2NO/c16-13-4-5-14(17)12(8-13)9-18-10-15(11-19)6-2-1-3-7-15/h4-5,8,18-19H,1-3,6-7,9-11H2. The molecule has 1 aliphatic carbocycles. The molecule has 0 radical (unpaired) electrons. The van der Waals surface area contributed by atoms with Crippen molar-refractivity contribution in [3.8, 4) is 0 Å². The number of hydrogen-bond donors (Lipinski definition) is 2. The molecule has 0 aromatic heterocycles. The van der Waals surface area contributed by atoms with Gasteiger partial charge in [-0.1, -0.05) is 42.5 Å². The molecule has 0 saturated heterocycles. The monoisotopic (exact) mass is 301 g/mol. The summed E-state index contributed by atoms with van der Waals surface area (Å²) in [5.41, 5.74) is 1.07.